The number of benzene rings is 3. The molecule has 29 heavy (non-hydrogen) atoms. The largest absolute Gasteiger partial charge is 0.490 e. The van der Waals surface area contributed by atoms with Gasteiger partial charge in [0.15, 0.2) is 18.1 Å². The van der Waals surface area contributed by atoms with E-state index in [2.05, 4.69) is 26.0 Å². The van der Waals surface area contributed by atoms with Gasteiger partial charge in [-0.3, -0.25) is 0 Å². The summed E-state index contributed by atoms with van der Waals surface area (Å²) in [5.74, 6) is 1.07. The minimum absolute atomic E-state index is 0.123. The summed E-state index contributed by atoms with van der Waals surface area (Å²) in [6.07, 6.45) is 0. The highest BCUT2D eigenvalue weighted by molar-refractivity contribution is 5.74. The smallest absolute Gasteiger partial charge is 0.349 e. The molecule has 0 aliphatic rings. The van der Waals surface area contributed by atoms with Gasteiger partial charge in [0, 0.05) is 5.41 Å². The molecule has 4 nitrogen and oxygen atoms in total. The van der Waals surface area contributed by atoms with Crippen LogP contribution in [0, 0.1) is 0 Å². The zero-order valence-corrected chi connectivity index (χ0v) is 17.1. The van der Waals surface area contributed by atoms with Crippen LogP contribution in [-0.4, -0.2) is 19.2 Å². The van der Waals surface area contributed by atoms with Crippen LogP contribution in [0.2, 0.25) is 0 Å². The predicted molar refractivity (Wildman–Crippen MR) is 114 cm³/mol. The van der Waals surface area contributed by atoms with Gasteiger partial charge in [-0.05, 0) is 42.3 Å². The van der Waals surface area contributed by atoms with Crippen molar-refractivity contribution in [3.8, 4) is 17.2 Å². The van der Waals surface area contributed by atoms with E-state index in [1.807, 2.05) is 55.5 Å². The molecule has 0 aliphatic carbocycles. The van der Waals surface area contributed by atoms with Crippen molar-refractivity contribution in [2.45, 2.75) is 26.2 Å². The molecule has 3 rings (SSSR count). The Morgan fingerprint density at radius 2 is 1.34 bits per heavy atom. The molecule has 3 aromatic carbocycles. The summed E-state index contributed by atoms with van der Waals surface area (Å²) < 4.78 is 16.4. The minimum Gasteiger partial charge on any atom is -0.490 e. The number of hydrogen-bond donors (Lipinski definition) is 0. The number of esters is 1. The van der Waals surface area contributed by atoms with Crippen LogP contribution in [0.1, 0.15) is 31.9 Å². The normalized spacial score (nSPS) is 11.0. The topological polar surface area (TPSA) is 44.8 Å². The van der Waals surface area contributed by atoms with E-state index in [9.17, 15) is 4.79 Å². The van der Waals surface area contributed by atoms with Crippen LogP contribution < -0.4 is 14.2 Å². The maximum Gasteiger partial charge on any atom is 0.349 e. The Bertz CT molecular complexity index is 931. The Balaban J connectivity index is 1.60. The highest BCUT2D eigenvalue weighted by Gasteiger charge is 2.22. The minimum atomic E-state index is -0.481. The maximum atomic E-state index is 12.2. The van der Waals surface area contributed by atoms with E-state index < -0.39 is 5.97 Å². The van der Waals surface area contributed by atoms with E-state index in [0.717, 1.165) is 0 Å². The quantitative estimate of drug-likeness (QED) is 0.382. The Kier molecular flexibility index (Phi) is 6.55. The average Bonchev–Trinajstić information content (AvgIpc) is 2.75. The van der Waals surface area contributed by atoms with Gasteiger partial charge < -0.3 is 14.2 Å². The zero-order chi connectivity index (χ0) is 20.7. The molecule has 0 aliphatic heterocycles. The molecule has 0 aromatic heterocycles. The molecule has 0 unspecified atom stereocenters. The molecular formula is C25H26O4. The SMILES string of the molecule is CCOc1ccccc1OC(=O)COc1ccc(C(C)(C)c2ccccc2)cc1. The highest BCUT2D eigenvalue weighted by Crippen LogP contribution is 2.32. The highest BCUT2D eigenvalue weighted by atomic mass is 16.6. The van der Waals surface area contributed by atoms with E-state index >= 15 is 0 Å². The van der Waals surface area contributed by atoms with Crippen LogP contribution in [0.4, 0.5) is 0 Å². The van der Waals surface area contributed by atoms with Gasteiger partial charge in [0.05, 0.1) is 6.61 Å². The van der Waals surface area contributed by atoms with Gasteiger partial charge in [-0.1, -0.05) is 68.4 Å². The Morgan fingerprint density at radius 3 is 2.00 bits per heavy atom. The first-order chi connectivity index (χ1) is 14.0. The Morgan fingerprint density at radius 1 is 0.759 bits per heavy atom. The summed E-state index contributed by atoms with van der Waals surface area (Å²) in [6, 6.07) is 25.2. The molecule has 0 atom stereocenters. The molecule has 0 fully saturated rings. The predicted octanol–water partition coefficient (Wildman–Crippen LogP) is 5.40. The average molecular weight is 390 g/mol. The lowest BCUT2D eigenvalue weighted by Crippen LogP contribution is -2.19. The summed E-state index contributed by atoms with van der Waals surface area (Å²) in [6.45, 7) is 6.57. The zero-order valence-electron chi connectivity index (χ0n) is 17.1. The van der Waals surface area contributed by atoms with E-state index in [4.69, 9.17) is 14.2 Å². The second kappa shape index (κ2) is 9.28. The lowest BCUT2D eigenvalue weighted by Gasteiger charge is -2.26. The van der Waals surface area contributed by atoms with E-state index in [1.165, 1.54) is 11.1 Å². The van der Waals surface area contributed by atoms with Gasteiger partial charge in [-0.25, -0.2) is 4.79 Å². The van der Waals surface area contributed by atoms with E-state index in [-0.39, 0.29) is 12.0 Å². The van der Waals surface area contributed by atoms with E-state index in [1.54, 1.807) is 18.2 Å². The fraction of sp³-hybridized carbons (Fsp3) is 0.240. The van der Waals surface area contributed by atoms with Crippen molar-refractivity contribution in [1.29, 1.82) is 0 Å². The summed E-state index contributed by atoms with van der Waals surface area (Å²) in [4.78, 5) is 12.2. The van der Waals surface area contributed by atoms with Gasteiger partial charge in [-0.2, -0.15) is 0 Å². The number of hydrogen-bond acceptors (Lipinski definition) is 4. The molecule has 0 saturated carbocycles. The molecule has 0 heterocycles. The first-order valence-electron chi connectivity index (χ1n) is 9.72. The van der Waals surface area contributed by atoms with Gasteiger partial charge in [-0.15, -0.1) is 0 Å². The first kappa shape index (κ1) is 20.5. The molecule has 4 heteroatoms. The molecule has 0 bridgehead atoms. The molecule has 0 spiro atoms. The fourth-order valence-corrected chi connectivity index (χ4v) is 3.09. The number of carbonyl (C=O) groups is 1. The van der Waals surface area contributed by atoms with Crippen molar-refractivity contribution >= 4 is 5.97 Å². The summed E-state index contributed by atoms with van der Waals surface area (Å²) in [5.41, 5.74) is 2.29. The maximum absolute atomic E-state index is 12.2. The van der Waals surface area contributed by atoms with Gasteiger partial charge >= 0.3 is 5.97 Å². The standard InChI is InChI=1S/C25H26O4/c1-4-27-22-12-8-9-13-23(22)29-24(26)18-28-21-16-14-20(15-17-21)25(2,3)19-10-6-5-7-11-19/h5-17H,4,18H2,1-3H3. The van der Waals surface area contributed by atoms with Gasteiger partial charge in [0.2, 0.25) is 0 Å². The second-order valence-electron chi connectivity index (χ2n) is 7.16. The van der Waals surface area contributed by atoms with Crippen molar-refractivity contribution in [3.05, 3.63) is 90.0 Å². The Hall–Kier alpha value is -3.27. The molecule has 0 saturated heterocycles. The lowest BCUT2D eigenvalue weighted by atomic mass is 9.78. The molecular weight excluding hydrogens is 364 g/mol. The van der Waals surface area contributed by atoms with Crippen LogP contribution in [0.25, 0.3) is 0 Å². The number of ether oxygens (including phenoxy) is 3. The third-order valence-corrected chi connectivity index (χ3v) is 4.80. The third kappa shape index (κ3) is 5.17. The van der Waals surface area contributed by atoms with E-state index in [0.29, 0.717) is 23.9 Å². The first-order valence-corrected chi connectivity index (χ1v) is 9.72. The number of carbonyl (C=O) groups excluding carboxylic acids is 1. The van der Waals surface area contributed by atoms with Crippen molar-refractivity contribution < 1.29 is 19.0 Å². The lowest BCUT2D eigenvalue weighted by molar-refractivity contribution is -0.136. The molecule has 0 radical (unpaired) electrons. The monoisotopic (exact) mass is 390 g/mol. The number of para-hydroxylation sites is 2. The second-order valence-corrected chi connectivity index (χ2v) is 7.16. The number of rotatable bonds is 8. The third-order valence-electron chi connectivity index (χ3n) is 4.80. The molecule has 150 valence electrons. The molecule has 0 amide bonds. The van der Waals surface area contributed by atoms with Crippen molar-refractivity contribution in [2.75, 3.05) is 13.2 Å². The van der Waals surface area contributed by atoms with Crippen molar-refractivity contribution in [2.24, 2.45) is 0 Å². The Labute approximate surface area is 172 Å². The van der Waals surface area contributed by atoms with Crippen LogP contribution in [0.15, 0.2) is 78.9 Å². The van der Waals surface area contributed by atoms with Gasteiger partial charge in [0.1, 0.15) is 5.75 Å². The molecule has 3 aromatic rings. The van der Waals surface area contributed by atoms with Crippen LogP contribution in [0.3, 0.4) is 0 Å². The van der Waals surface area contributed by atoms with Gasteiger partial charge in [0.25, 0.3) is 0 Å². The summed E-state index contributed by atoms with van der Waals surface area (Å²) >= 11 is 0. The van der Waals surface area contributed by atoms with Crippen LogP contribution >= 0.6 is 0 Å². The van der Waals surface area contributed by atoms with Crippen molar-refractivity contribution in [1.82, 2.24) is 0 Å². The van der Waals surface area contributed by atoms with Crippen LogP contribution in [-0.2, 0) is 10.2 Å². The summed E-state index contributed by atoms with van der Waals surface area (Å²) in [5, 5.41) is 0. The summed E-state index contributed by atoms with van der Waals surface area (Å²) in [7, 11) is 0. The van der Waals surface area contributed by atoms with Crippen LogP contribution in [0.5, 0.6) is 17.2 Å². The molecule has 0 N–H and O–H groups in total. The van der Waals surface area contributed by atoms with Crippen molar-refractivity contribution in [3.63, 3.8) is 0 Å². The fourth-order valence-electron chi connectivity index (χ4n) is 3.09.